The molecule has 9 nitrogen and oxygen atoms in total. The number of hydrogen-bond donors (Lipinski definition) is 1. The van der Waals surface area contributed by atoms with Gasteiger partial charge in [0.15, 0.2) is 5.82 Å². The number of rotatable bonds is 8. The van der Waals surface area contributed by atoms with Crippen molar-refractivity contribution in [2.24, 2.45) is 0 Å². The van der Waals surface area contributed by atoms with Crippen molar-refractivity contribution in [3.63, 3.8) is 0 Å². The molecule has 2 aliphatic rings. The fourth-order valence-electron chi connectivity index (χ4n) is 5.10. The van der Waals surface area contributed by atoms with Crippen molar-refractivity contribution in [2.75, 3.05) is 20.3 Å². The van der Waals surface area contributed by atoms with Gasteiger partial charge in [-0.1, -0.05) is 19.3 Å². The Morgan fingerprint density at radius 2 is 2.03 bits per heavy atom. The number of nitrogens with zero attached hydrogens (tertiary/aromatic N) is 5. The number of pyridine rings is 1. The van der Waals surface area contributed by atoms with E-state index < -0.39 is 0 Å². The summed E-state index contributed by atoms with van der Waals surface area (Å²) in [7, 11) is 1.65. The van der Waals surface area contributed by atoms with Crippen LogP contribution in [0.2, 0.25) is 0 Å². The highest BCUT2D eigenvalue weighted by Gasteiger charge is 2.25. The molecular weight excluding hydrogens is 420 g/mol. The number of ether oxygens (including phenoxy) is 2. The molecule has 2 aromatic heterocycles. The molecule has 1 aromatic carbocycles. The van der Waals surface area contributed by atoms with Gasteiger partial charge in [-0.25, -0.2) is 4.68 Å². The van der Waals surface area contributed by atoms with Crippen LogP contribution >= 0.6 is 0 Å². The maximum Gasteiger partial charge on any atom is 0.252 e. The second-order valence-electron chi connectivity index (χ2n) is 9.21. The molecule has 1 N–H and O–H groups in total. The molecule has 3 aromatic rings. The Balaban J connectivity index is 1.41. The molecule has 3 heterocycles. The van der Waals surface area contributed by atoms with Crippen molar-refractivity contribution in [1.29, 1.82) is 0 Å². The fourth-order valence-corrected chi connectivity index (χ4v) is 5.10. The number of benzene rings is 1. The zero-order valence-electron chi connectivity index (χ0n) is 19.2. The zero-order valence-corrected chi connectivity index (χ0v) is 19.2. The van der Waals surface area contributed by atoms with E-state index in [1.807, 2.05) is 28.9 Å². The molecule has 0 spiro atoms. The summed E-state index contributed by atoms with van der Waals surface area (Å²) < 4.78 is 13.3. The maximum atomic E-state index is 12.9. The van der Waals surface area contributed by atoms with E-state index in [4.69, 9.17) is 9.47 Å². The van der Waals surface area contributed by atoms with Crippen LogP contribution < -0.4 is 10.3 Å². The highest BCUT2D eigenvalue weighted by molar-refractivity contribution is 5.80. The summed E-state index contributed by atoms with van der Waals surface area (Å²) in [5, 5.41) is 13.6. The minimum atomic E-state index is -0.0723. The monoisotopic (exact) mass is 452 g/mol. The average molecular weight is 453 g/mol. The quantitative estimate of drug-likeness (QED) is 0.560. The van der Waals surface area contributed by atoms with E-state index in [0.29, 0.717) is 24.7 Å². The lowest BCUT2D eigenvalue weighted by molar-refractivity contribution is 0.0659. The van der Waals surface area contributed by atoms with Crippen molar-refractivity contribution in [3.05, 3.63) is 46.0 Å². The van der Waals surface area contributed by atoms with Gasteiger partial charge in [-0.2, -0.15) is 0 Å². The summed E-state index contributed by atoms with van der Waals surface area (Å²) in [6.45, 7) is 2.63. The molecule has 1 saturated heterocycles. The van der Waals surface area contributed by atoms with Crippen molar-refractivity contribution in [1.82, 2.24) is 30.1 Å². The van der Waals surface area contributed by atoms with Gasteiger partial charge < -0.3 is 14.5 Å². The van der Waals surface area contributed by atoms with Gasteiger partial charge in [0.05, 0.1) is 25.8 Å². The lowest BCUT2D eigenvalue weighted by atomic mass is 9.95. The third-order valence-corrected chi connectivity index (χ3v) is 6.85. The van der Waals surface area contributed by atoms with E-state index >= 15 is 0 Å². The molecule has 1 aliphatic heterocycles. The largest absolute Gasteiger partial charge is 0.497 e. The molecule has 33 heavy (non-hydrogen) atoms. The Bertz CT molecular complexity index is 1130. The standard InChI is InChI=1S/C24H32N6O3/c1-32-20-9-10-22-17(13-20)12-18(24(31)25-22)14-29(15-21-8-5-11-33-21)16-23-26-27-28-30(23)19-6-3-2-4-7-19/h9-10,12-13,19,21H,2-8,11,14-16H2,1H3,(H,25,31). The first-order chi connectivity index (χ1) is 16.2. The first kappa shape index (κ1) is 22.0. The number of methoxy groups -OCH3 is 1. The smallest absolute Gasteiger partial charge is 0.252 e. The van der Waals surface area contributed by atoms with Crippen LogP contribution in [0.4, 0.5) is 0 Å². The highest BCUT2D eigenvalue weighted by Crippen LogP contribution is 2.28. The number of tetrazole rings is 1. The average Bonchev–Trinajstić information content (AvgIpc) is 3.52. The minimum Gasteiger partial charge on any atom is -0.497 e. The molecule has 0 bridgehead atoms. The molecule has 0 amide bonds. The van der Waals surface area contributed by atoms with Gasteiger partial charge in [-0.05, 0) is 60.4 Å². The first-order valence-corrected chi connectivity index (χ1v) is 12.0. The normalized spacial score (nSPS) is 19.5. The Hall–Kier alpha value is -2.78. The molecule has 5 rings (SSSR count). The molecule has 1 unspecified atom stereocenters. The minimum absolute atomic E-state index is 0.0723. The van der Waals surface area contributed by atoms with E-state index in [2.05, 4.69) is 25.4 Å². The van der Waals surface area contributed by atoms with Gasteiger partial charge in [-0.15, -0.1) is 5.10 Å². The van der Waals surface area contributed by atoms with Crippen LogP contribution in [0, 0.1) is 0 Å². The van der Waals surface area contributed by atoms with Crippen molar-refractivity contribution >= 4 is 10.9 Å². The van der Waals surface area contributed by atoms with E-state index in [1.54, 1.807) is 7.11 Å². The molecule has 2 fully saturated rings. The lowest BCUT2D eigenvalue weighted by Gasteiger charge is -2.27. The fraction of sp³-hybridized carbons (Fsp3) is 0.583. The summed E-state index contributed by atoms with van der Waals surface area (Å²) in [4.78, 5) is 18.2. The highest BCUT2D eigenvalue weighted by atomic mass is 16.5. The van der Waals surface area contributed by atoms with Gasteiger partial charge in [0, 0.05) is 36.2 Å². The van der Waals surface area contributed by atoms with Crippen LogP contribution in [-0.4, -0.2) is 56.5 Å². The summed E-state index contributed by atoms with van der Waals surface area (Å²) in [5.74, 6) is 1.63. The van der Waals surface area contributed by atoms with E-state index in [1.165, 1.54) is 19.3 Å². The predicted molar refractivity (Wildman–Crippen MR) is 124 cm³/mol. The molecule has 176 valence electrons. The Labute approximate surface area is 193 Å². The number of aromatic nitrogens is 5. The molecule has 0 radical (unpaired) electrons. The molecule has 1 aliphatic carbocycles. The summed E-state index contributed by atoms with van der Waals surface area (Å²) in [6, 6.07) is 8.01. The maximum absolute atomic E-state index is 12.9. The van der Waals surface area contributed by atoms with Crippen LogP contribution in [0.3, 0.4) is 0 Å². The second kappa shape index (κ2) is 10.0. The Kier molecular flexibility index (Phi) is 6.68. The third kappa shape index (κ3) is 5.09. The van der Waals surface area contributed by atoms with E-state index in [0.717, 1.165) is 61.3 Å². The number of nitrogens with one attached hydrogen (secondary N) is 1. The van der Waals surface area contributed by atoms with Crippen molar-refractivity contribution < 1.29 is 9.47 Å². The van der Waals surface area contributed by atoms with Crippen LogP contribution in [-0.2, 0) is 17.8 Å². The molecule has 9 heteroatoms. The van der Waals surface area contributed by atoms with Crippen molar-refractivity contribution in [3.8, 4) is 5.75 Å². The van der Waals surface area contributed by atoms with Gasteiger partial charge >= 0.3 is 0 Å². The van der Waals surface area contributed by atoms with Gasteiger partial charge in [0.1, 0.15) is 5.75 Å². The predicted octanol–water partition coefficient (Wildman–Crippen LogP) is 3.21. The summed E-state index contributed by atoms with van der Waals surface area (Å²) in [5.41, 5.74) is 1.44. The molecular formula is C24H32N6O3. The van der Waals surface area contributed by atoms with Gasteiger partial charge in [0.2, 0.25) is 0 Å². The van der Waals surface area contributed by atoms with E-state index in [-0.39, 0.29) is 11.7 Å². The van der Waals surface area contributed by atoms with Crippen LogP contribution in [0.25, 0.3) is 10.9 Å². The zero-order chi connectivity index (χ0) is 22.6. The second-order valence-corrected chi connectivity index (χ2v) is 9.21. The number of fused-ring (bicyclic) bond motifs is 1. The Morgan fingerprint density at radius 3 is 2.82 bits per heavy atom. The summed E-state index contributed by atoms with van der Waals surface area (Å²) in [6.07, 6.45) is 8.26. The molecule has 1 saturated carbocycles. The van der Waals surface area contributed by atoms with Gasteiger partial charge in [0.25, 0.3) is 5.56 Å². The van der Waals surface area contributed by atoms with Crippen molar-refractivity contribution in [2.45, 2.75) is 70.2 Å². The summed E-state index contributed by atoms with van der Waals surface area (Å²) >= 11 is 0. The topological polar surface area (TPSA) is 98.2 Å². The first-order valence-electron chi connectivity index (χ1n) is 12.0. The van der Waals surface area contributed by atoms with Crippen LogP contribution in [0.5, 0.6) is 5.75 Å². The third-order valence-electron chi connectivity index (χ3n) is 6.85. The number of hydrogen-bond acceptors (Lipinski definition) is 7. The van der Waals surface area contributed by atoms with E-state index in [9.17, 15) is 4.79 Å². The number of aromatic amines is 1. The van der Waals surface area contributed by atoms with Gasteiger partial charge in [-0.3, -0.25) is 9.69 Å². The lowest BCUT2D eigenvalue weighted by Crippen LogP contribution is -2.34. The SMILES string of the molecule is COc1ccc2[nH]c(=O)c(CN(Cc3nnnn3C3CCCCC3)CC3CCCO3)cc2c1. The Morgan fingerprint density at radius 1 is 1.15 bits per heavy atom. The van der Waals surface area contributed by atoms with Crippen LogP contribution in [0.1, 0.15) is 62.4 Å². The number of H-pyrrole nitrogens is 1. The molecule has 1 atom stereocenters. The van der Waals surface area contributed by atoms with Crippen LogP contribution in [0.15, 0.2) is 29.1 Å².